The van der Waals surface area contributed by atoms with Gasteiger partial charge in [-0.15, -0.1) is 0 Å². The van der Waals surface area contributed by atoms with Gasteiger partial charge in [0.1, 0.15) is 0 Å². The highest BCUT2D eigenvalue weighted by Crippen LogP contribution is 2.29. The van der Waals surface area contributed by atoms with Crippen LogP contribution in [0.15, 0.2) is 59.5 Å². The number of thiol groups is 1. The fourth-order valence-electron chi connectivity index (χ4n) is 2.19. The molecule has 17 heavy (non-hydrogen) atoms. The lowest BCUT2D eigenvalue weighted by Crippen LogP contribution is -1.85. The van der Waals surface area contributed by atoms with Crippen molar-refractivity contribution >= 4 is 32.2 Å². The Morgan fingerprint density at radius 2 is 1.29 bits per heavy atom. The molecule has 0 amide bonds. The Morgan fingerprint density at radius 3 is 2.00 bits per heavy atom. The molecule has 0 radical (unpaired) electrons. The van der Waals surface area contributed by atoms with E-state index in [0.29, 0.717) is 4.90 Å². The van der Waals surface area contributed by atoms with E-state index in [0.717, 1.165) is 21.5 Å². The third kappa shape index (κ3) is 1.59. The van der Waals surface area contributed by atoms with Gasteiger partial charge in [-0.1, -0.05) is 48.5 Å². The number of rotatable bonds is 1. The Kier molecular flexibility index (Phi) is 2.34. The molecule has 0 fully saturated rings. The van der Waals surface area contributed by atoms with Gasteiger partial charge in [0, 0.05) is 5.39 Å². The number of fused-ring (bicyclic) bond motifs is 3. The minimum absolute atomic E-state index is 0.398. The van der Waals surface area contributed by atoms with E-state index in [2.05, 4.69) is 0 Å². The number of benzene rings is 3. The Morgan fingerprint density at radius 1 is 0.706 bits per heavy atom. The third-order valence-electron chi connectivity index (χ3n) is 2.94. The maximum atomic E-state index is 11.3. The molecule has 0 N–H and O–H groups in total. The summed E-state index contributed by atoms with van der Waals surface area (Å²) < 4.78 is 22.6. The van der Waals surface area contributed by atoms with Crippen LogP contribution in [0.25, 0.3) is 21.5 Å². The SMILES string of the molecule is O=[SH](=O)c1cc2ccccc2c2ccccc12. The zero-order chi connectivity index (χ0) is 11.8. The Balaban J connectivity index is 2.64. The molecular weight excluding hydrogens is 232 g/mol. The molecule has 3 rings (SSSR count). The van der Waals surface area contributed by atoms with Crippen molar-refractivity contribution in [2.75, 3.05) is 0 Å². The molecule has 3 heteroatoms. The first-order valence-corrected chi connectivity index (χ1v) is 6.50. The second-order valence-electron chi connectivity index (χ2n) is 3.92. The summed E-state index contributed by atoms with van der Waals surface area (Å²) in [6, 6.07) is 17.2. The van der Waals surface area contributed by atoms with Gasteiger partial charge >= 0.3 is 0 Å². The summed E-state index contributed by atoms with van der Waals surface area (Å²) in [6.45, 7) is 0. The third-order valence-corrected chi connectivity index (χ3v) is 3.71. The topological polar surface area (TPSA) is 34.1 Å². The highest BCUT2D eigenvalue weighted by atomic mass is 32.2. The number of hydrogen-bond donors (Lipinski definition) is 1. The summed E-state index contributed by atoms with van der Waals surface area (Å²) in [5.74, 6) is 0. The van der Waals surface area contributed by atoms with E-state index in [1.54, 1.807) is 6.07 Å². The predicted molar refractivity (Wildman–Crippen MR) is 70.0 cm³/mol. The maximum Gasteiger partial charge on any atom is 0.168 e. The van der Waals surface area contributed by atoms with Gasteiger partial charge in [0.15, 0.2) is 10.7 Å². The fraction of sp³-hybridized carbons (Fsp3) is 0. The van der Waals surface area contributed by atoms with Gasteiger partial charge < -0.3 is 0 Å². The lowest BCUT2D eigenvalue weighted by atomic mass is 10.0. The zero-order valence-electron chi connectivity index (χ0n) is 8.96. The Labute approximate surface area is 100 Å². The van der Waals surface area contributed by atoms with Gasteiger partial charge in [-0.2, -0.15) is 0 Å². The minimum Gasteiger partial charge on any atom is -0.227 e. The van der Waals surface area contributed by atoms with Crippen LogP contribution in [-0.2, 0) is 10.7 Å². The lowest BCUT2D eigenvalue weighted by Gasteiger charge is -2.05. The van der Waals surface area contributed by atoms with Gasteiger partial charge in [-0.3, -0.25) is 0 Å². The average Bonchev–Trinajstić information content (AvgIpc) is 2.37. The standard InChI is InChI=1S/C14H10O2S/c15-17(16)14-9-10-5-1-2-6-11(10)12-7-3-4-8-13(12)14/h1-9,17H. The van der Waals surface area contributed by atoms with Crippen molar-refractivity contribution in [1.29, 1.82) is 0 Å². The molecule has 0 saturated heterocycles. The van der Waals surface area contributed by atoms with E-state index in [4.69, 9.17) is 0 Å². The molecule has 0 heterocycles. The van der Waals surface area contributed by atoms with Crippen LogP contribution in [0.4, 0.5) is 0 Å². The first kappa shape index (κ1) is 10.3. The molecule has 0 aliphatic heterocycles. The molecule has 0 aliphatic rings. The van der Waals surface area contributed by atoms with Crippen molar-refractivity contribution in [3.05, 3.63) is 54.6 Å². The van der Waals surface area contributed by atoms with E-state index < -0.39 is 10.7 Å². The second kappa shape index (κ2) is 3.86. The summed E-state index contributed by atoms with van der Waals surface area (Å²) >= 11 is 0. The first-order valence-electron chi connectivity index (χ1n) is 5.32. The van der Waals surface area contributed by atoms with Gasteiger partial charge in [0.25, 0.3) is 0 Å². The molecule has 3 aromatic carbocycles. The van der Waals surface area contributed by atoms with Crippen LogP contribution in [0, 0.1) is 0 Å². The van der Waals surface area contributed by atoms with E-state index in [-0.39, 0.29) is 0 Å². The summed E-state index contributed by atoms with van der Waals surface area (Å²) in [5, 5.41) is 3.83. The molecule has 0 saturated carbocycles. The predicted octanol–water partition coefficient (Wildman–Crippen LogP) is 2.96. The van der Waals surface area contributed by atoms with Gasteiger partial charge in [0.05, 0.1) is 4.90 Å². The molecule has 0 aliphatic carbocycles. The fourth-order valence-corrected chi connectivity index (χ4v) is 2.82. The average molecular weight is 242 g/mol. The number of hydrogen-bond acceptors (Lipinski definition) is 2. The normalized spacial score (nSPS) is 11.4. The summed E-state index contributed by atoms with van der Waals surface area (Å²) in [4.78, 5) is 0.398. The minimum atomic E-state index is -2.57. The van der Waals surface area contributed by atoms with Crippen LogP contribution in [0.2, 0.25) is 0 Å². The molecule has 0 atom stereocenters. The van der Waals surface area contributed by atoms with Crippen molar-refractivity contribution in [2.24, 2.45) is 0 Å². The zero-order valence-corrected chi connectivity index (χ0v) is 9.85. The van der Waals surface area contributed by atoms with E-state index >= 15 is 0 Å². The largest absolute Gasteiger partial charge is 0.227 e. The summed E-state index contributed by atoms with van der Waals surface area (Å²) in [5.41, 5.74) is 0. The van der Waals surface area contributed by atoms with Gasteiger partial charge in [-0.25, -0.2) is 8.42 Å². The Bertz CT molecular complexity index is 780. The molecule has 2 nitrogen and oxygen atoms in total. The highest BCUT2D eigenvalue weighted by molar-refractivity contribution is 7.72. The van der Waals surface area contributed by atoms with Crippen LogP contribution in [-0.4, -0.2) is 8.42 Å². The monoisotopic (exact) mass is 242 g/mol. The molecule has 0 spiro atoms. The summed E-state index contributed by atoms with van der Waals surface area (Å²) in [7, 11) is -2.57. The van der Waals surface area contributed by atoms with Crippen LogP contribution in [0.1, 0.15) is 0 Å². The smallest absolute Gasteiger partial charge is 0.168 e. The lowest BCUT2D eigenvalue weighted by molar-refractivity contribution is 0.615. The van der Waals surface area contributed by atoms with E-state index in [1.807, 2.05) is 48.5 Å². The molecule has 0 aromatic heterocycles. The van der Waals surface area contributed by atoms with E-state index in [1.165, 1.54) is 0 Å². The van der Waals surface area contributed by atoms with E-state index in [9.17, 15) is 8.42 Å². The Hall–Kier alpha value is -1.87. The highest BCUT2D eigenvalue weighted by Gasteiger charge is 2.06. The maximum absolute atomic E-state index is 11.3. The van der Waals surface area contributed by atoms with Crippen LogP contribution in [0.3, 0.4) is 0 Å². The second-order valence-corrected chi connectivity index (χ2v) is 4.92. The van der Waals surface area contributed by atoms with Crippen LogP contribution in [0.5, 0.6) is 0 Å². The summed E-state index contributed by atoms with van der Waals surface area (Å²) in [6.07, 6.45) is 0. The van der Waals surface area contributed by atoms with Crippen molar-refractivity contribution < 1.29 is 8.42 Å². The molecule has 0 bridgehead atoms. The van der Waals surface area contributed by atoms with Crippen molar-refractivity contribution in [2.45, 2.75) is 4.90 Å². The van der Waals surface area contributed by atoms with Crippen molar-refractivity contribution in [1.82, 2.24) is 0 Å². The molecule has 84 valence electrons. The van der Waals surface area contributed by atoms with Crippen molar-refractivity contribution in [3.8, 4) is 0 Å². The van der Waals surface area contributed by atoms with Crippen LogP contribution >= 0.6 is 0 Å². The quantitative estimate of drug-likeness (QED) is 0.526. The van der Waals surface area contributed by atoms with Crippen molar-refractivity contribution in [3.63, 3.8) is 0 Å². The molecular formula is C14H10O2S. The first-order chi connectivity index (χ1) is 8.27. The van der Waals surface area contributed by atoms with Crippen LogP contribution < -0.4 is 0 Å². The van der Waals surface area contributed by atoms with Gasteiger partial charge in [0.2, 0.25) is 0 Å². The van der Waals surface area contributed by atoms with Gasteiger partial charge in [-0.05, 0) is 22.2 Å². The molecule has 0 unspecified atom stereocenters. The molecule has 3 aromatic rings.